The molecule has 0 bridgehead atoms. The molecule has 1 fully saturated rings. The van der Waals surface area contributed by atoms with E-state index in [0.29, 0.717) is 18.9 Å². The van der Waals surface area contributed by atoms with Crippen molar-refractivity contribution in [2.45, 2.75) is 11.3 Å². The number of nitrogens with zero attached hydrogens (tertiary/aromatic N) is 1. The molecule has 1 aliphatic heterocycles. The molecule has 0 atom stereocenters. The lowest BCUT2D eigenvalue weighted by Gasteiger charge is -2.25. The zero-order valence-electron chi connectivity index (χ0n) is 9.63. The van der Waals surface area contributed by atoms with Crippen LogP contribution in [0.3, 0.4) is 0 Å². The van der Waals surface area contributed by atoms with Crippen molar-refractivity contribution >= 4 is 10.0 Å². The second-order valence-corrected chi connectivity index (χ2v) is 5.68. The normalized spacial score (nSPS) is 17.9. The molecular weight excluding hydrogens is 242 g/mol. The summed E-state index contributed by atoms with van der Waals surface area (Å²) in [6, 6.07) is 6.36. The van der Waals surface area contributed by atoms with Crippen LogP contribution in [0.4, 0.5) is 0 Å². The first-order valence-electron chi connectivity index (χ1n) is 5.36. The smallest absolute Gasteiger partial charge is 0.245 e. The Hall–Kier alpha value is -1.11. The Morgan fingerprint density at radius 2 is 2.00 bits per heavy atom. The molecule has 0 aliphatic carbocycles. The number of ether oxygens (including phenoxy) is 2. The van der Waals surface area contributed by atoms with E-state index in [9.17, 15) is 8.42 Å². The lowest BCUT2D eigenvalue weighted by atomic mass is 10.3. The van der Waals surface area contributed by atoms with E-state index in [1.54, 1.807) is 31.4 Å². The van der Waals surface area contributed by atoms with Crippen molar-refractivity contribution in [3.05, 3.63) is 24.3 Å². The van der Waals surface area contributed by atoms with Crippen LogP contribution in [0.15, 0.2) is 29.2 Å². The molecule has 0 aromatic heterocycles. The van der Waals surface area contributed by atoms with E-state index in [2.05, 4.69) is 0 Å². The number of rotatable bonds is 3. The molecule has 0 amide bonds. The highest BCUT2D eigenvalue weighted by atomic mass is 32.2. The van der Waals surface area contributed by atoms with Gasteiger partial charge in [0.05, 0.1) is 12.0 Å². The summed E-state index contributed by atoms with van der Waals surface area (Å²) >= 11 is 0. The number of hydrogen-bond acceptors (Lipinski definition) is 4. The van der Waals surface area contributed by atoms with Crippen molar-refractivity contribution in [1.82, 2.24) is 4.31 Å². The van der Waals surface area contributed by atoms with E-state index in [4.69, 9.17) is 9.47 Å². The SMILES string of the molecule is COc1ccc(S(=O)(=O)N2CCCOC2)cc1. The fourth-order valence-electron chi connectivity index (χ4n) is 1.66. The first-order valence-corrected chi connectivity index (χ1v) is 6.80. The van der Waals surface area contributed by atoms with Crippen molar-refractivity contribution < 1.29 is 17.9 Å². The molecule has 17 heavy (non-hydrogen) atoms. The molecule has 2 rings (SSSR count). The highest BCUT2D eigenvalue weighted by Gasteiger charge is 2.26. The third kappa shape index (κ3) is 2.59. The molecule has 6 heteroatoms. The fourth-order valence-corrected chi connectivity index (χ4v) is 3.02. The Bertz CT molecular complexity index is 463. The third-order valence-electron chi connectivity index (χ3n) is 2.63. The number of methoxy groups -OCH3 is 1. The van der Waals surface area contributed by atoms with Gasteiger partial charge in [0.1, 0.15) is 12.5 Å². The molecular formula is C11H15NO4S. The molecule has 0 spiro atoms. The van der Waals surface area contributed by atoms with Gasteiger partial charge in [-0.3, -0.25) is 0 Å². The first-order chi connectivity index (χ1) is 8.14. The van der Waals surface area contributed by atoms with Gasteiger partial charge in [-0.05, 0) is 30.7 Å². The van der Waals surface area contributed by atoms with Gasteiger partial charge in [0.2, 0.25) is 10.0 Å². The topological polar surface area (TPSA) is 55.8 Å². The highest BCUT2D eigenvalue weighted by Crippen LogP contribution is 2.20. The quantitative estimate of drug-likeness (QED) is 0.812. The lowest BCUT2D eigenvalue weighted by Crippen LogP contribution is -2.38. The Balaban J connectivity index is 2.23. The molecule has 1 aromatic carbocycles. The summed E-state index contributed by atoms with van der Waals surface area (Å²) in [7, 11) is -1.89. The summed E-state index contributed by atoms with van der Waals surface area (Å²) in [6.07, 6.45) is 0.732. The molecule has 0 unspecified atom stereocenters. The molecule has 1 saturated heterocycles. The van der Waals surface area contributed by atoms with Crippen LogP contribution < -0.4 is 4.74 Å². The van der Waals surface area contributed by atoms with Crippen LogP contribution in [0, 0.1) is 0 Å². The lowest BCUT2D eigenvalue weighted by molar-refractivity contribution is 0.0313. The zero-order valence-corrected chi connectivity index (χ0v) is 10.4. The minimum Gasteiger partial charge on any atom is -0.497 e. The maximum absolute atomic E-state index is 12.2. The Morgan fingerprint density at radius 3 is 2.53 bits per heavy atom. The van der Waals surface area contributed by atoms with E-state index in [1.807, 2.05) is 0 Å². The Morgan fingerprint density at radius 1 is 1.29 bits per heavy atom. The van der Waals surface area contributed by atoms with Crippen LogP contribution in [0.1, 0.15) is 6.42 Å². The molecule has 1 aliphatic rings. The average molecular weight is 257 g/mol. The van der Waals surface area contributed by atoms with Gasteiger partial charge in [0.15, 0.2) is 0 Å². The van der Waals surface area contributed by atoms with Crippen LogP contribution in [-0.4, -0.2) is 39.7 Å². The second-order valence-electron chi connectivity index (χ2n) is 3.75. The molecule has 0 N–H and O–H groups in total. The van der Waals surface area contributed by atoms with E-state index >= 15 is 0 Å². The van der Waals surface area contributed by atoms with Gasteiger partial charge in [-0.25, -0.2) is 8.42 Å². The van der Waals surface area contributed by atoms with Crippen molar-refractivity contribution in [2.24, 2.45) is 0 Å². The average Bonchev–Trinajstić information content (AvgIpc) is 2.40. The monoisotopic (exact) mass is 257 g/mol. The summed E-state index contributed by atoms with van der Waals surface area (Å²) in [4.78, 5) is 0.267. The summed E-state index contributed by atoms with van der Waals surface area (Å²) in [5.74, 6) is 0.638. The molecule has 1 heterocycles. The Labute approximate surface area is 101 Å². The molecule has 0 radical (unpaired) electrons. The Kier molecular flexibility index (Phi) is 3.66. The number of hydrogen-bond donors (Lipinski definition) is 0. The summed E-state index contributed by atoms with van der Waals surface area (Å²) < 4.78 is 35.9. The van der Waals surface area contributed by atoms with Crippen LogP contribution >= 0.6 is 0 Å². The second kappa shape index (κ2) is 5.03. The molecule has 94 valence electrons. The van der Waals surface area contributed by atoms with Gasteiger partial charge in [-0.1, -0.05) is 0 Å². The van der Waals surface area contributed by atoms with E-state index in [0.717, 1.165) is 6.42 Å². The predicted octanol–water partition coefficient (Wildman–Crippen LogP) is 1.06. The number of benzene rings is 1. The van der Waals surface area contributed by atoms with E-state index in [-0.39, 0.29) is 11.6 Å². The molecule has 1 aromatic rings. The van der Waals surface area contributed by atoms with E-state index < -0.39 is 10.0 Å². The minimum atomic E-state index is -3.43. The summed E-state index contributed by atoms with van der Waals surface area (Å²) in [5.41, 5.74) is 0. The first kappa shape index (κ1) is 12.3. The van der Waals surface area contributed by atoms with Crippen LogP contribution in [0.5, 0.6) is 5.75 Å². The van der Waals surface area contributed by atoms with Crippen molar-refractivity contribution in [1.29, 1.82) is 0 Å². The van der Waals surface area contributed by atoms with Gasteiger partial charge in [-0.15, -0.1) is 0 Å². The van der Waals surface area contributed by atoms with Crippen LogP contribution in [0.2, 0.25) is 0 Å². The summed E-state index contributed by atoms with van der Waals surface area (Å²) in [5, 5.41) is 0. The van der Waals surface area contributed by atoms with Crippen molar-refractivity contribution in [3.63, 3.8) is 0 Å². The van der Waals surface area contributed by atoms with Crippen LogP contribution in [-0.2, 0) is 14.8 Å². The van der Waals surface area contributed by atoms with Gasteiger partial charge < -0.3 is 9.47 Å². The largest absolute Gasteiger partial charge is 0.497 e. The third-order valence-corrected chi connectivity index (χ3v) is 4.46. The van der Waals surface area contributed by atoms with Crippen LogP contribution in [0.25, 0.3) is 0 Å². The maximum atomic E-state index is 12.2. The van der Waals surface area contributed by atoms with Gasteiger partial charge >= 0.3 is 0 Å². The van der Waals surface area contributed by atoms with Crippen molar-refractivity contribution in [2.75, 3.05) is 27.0 Å². The zero-order chi connectivity index (χ0) is 12.3. The molecule has 5 nitrogen and oxygen atoms in total. The van der Waals surface area contributed by atoms with Crippen molar-refractivity contribution in [3.8, 4) is 5.75 Å². The fraction of sp³-hybridized carbons (Fsp3) is 0.455. The molecule has 0 saturated carbocycles. The highest BCUT2D eigenvalue weighted by molar-refractivity contribution is 7.89. The predicted molar refractivity (Wildman–Crippen MR) is 62.3 cm³/mol. The standard InChI is InChI=1S/C11H15NO4S/c1-15-10-3-5-11(6-4-10)17(13,14)12-7-2-8-16-9-12/h3-6H,2,7-9H2,1H3. The summed E-state index contributed by atoms with van der Waals surface area (Å²) in [6.45, 7) is 1.26. The van der Waals surface area contributed by atoms with Gasteiger partial charge in [0, 0.05) is 13.2 Å². The maximum Gasteiger partial charge on any atom is 0.245 e. The minimum absolute atomic E-state index is 0.133. The number of sulfonamides is 1. The van der Waals surface area contributed by atoms with E-state index in [1.165, 1.54) is 4.31 Å². The van der Waals surface area contributed by atoms with Gasteiger partial charge in [-0.2, -0.15) is 4.31 Å². The van der Waals surface area contributed by atoms with Gasteiger partial charge in [0.25, 0.3) is 0 Å².